The summed E-state index contributed by atoms with van der Waals surface area (Å²) in [6.07, 6.45) is 0. The van der Waals surface area contributed by atoms with Gasteiger partial charge in [0.1, 0.15) is 0 Å². The van der Waals surface area contributed by atoms with Gasteiger partial charge in [0.2, 0.25) is 0 Å². The van der Waals surface area contributed by atoms with Gasteiger partial charge >= 0.3 is 5.69 Å². The van der Waals surface area contributed by atoms with Crippen molar-refractivity contribution in [1.82, 2.24) is 9.97 Å². The zero-order chi connectivity index (χ0) is 23.2. The molecule has 5 aromatic rings. The molecule has 166 valence electrons. The Kier molecular flexibility index (Phi) is 6.96. The first-order chi connectivity index (χ1) is 16.8. The second-order valence-electron chi connectivity index (χ2n) is 7.75. The Balaban J connectivity index is 1.70. The van der Waals surface area contributed by atoms with E-state index in [1.54, 1.807) is 0 Å². The molecule has 0 fully saturated rings. The fourth-order valence-corrected chi connectivity index (χ4v) is 7.91. The Labute approximate surface area is 201 Å². The summed E-state index contributed by atoms with van der Waals surface area (Å²) >= 11 is 0. The minimum atomic E-state index is -0.791. The molecule has 0 aliphatic heterocycles. The molecule has 3 nitrogen and oxygen atoms in total. The Hall–Kier alpha value is -3.51. The van der Waals surface area contributed by atoms with Crippen LogP contribution >= 0.6 is 15.8 Å². The normalized spacial score (nSPS) is 12.5. The highest BCUT2D eigenvalue weighted by Crippen LogP contribution is 2.36. The van der Waals surface area contributed by atoms with Crippen molar-refractivity contribution in [2.45, 2.75) is 0 Å². The molecular formula is C29H24N2OP2. The molecule has 1 aromatic heterocycles. The van der Waals surface area contributed by atoms with Gasteiger partial charge in [-0.05, 0) is 48.7 Å². The van der Waals surface area contributed by atoms with E-state index >= 15 is 0 Å². The van der Waals surface area contributed by atoms with Crippen LogP contribution in [0.25, 0.3) is 11.6 Å². The molecule has 5 heteroatoms. The average Bonchev–Trinajstić information content (AvgIpc) is 3.26. The van der Waals surface area contributed by atoms with Crippen molar-refractivity contribution < 1.29 is 0 Å². The maximum Gasteiger partial charge on any atom is 0.323 e. The molecule has 0 amide bonds. The second kappa shape index (κ2) is 10.6. The van der Waals surface area contributed by atoms with Crippen molar-refractivity contribution >= 4 is 48.7 Å². The van der Waals surface area contributed by atoms with E-state index in [4.69, 9.17) is 0 Å². The number of hydrogen-bond acceptors (Lipinski definition) is 1. The zero-order valence-corrected chi connectivity index (χ0v) is 20.3. The number of aromatic amines is 2. The number of hydrogen-bond donors (Lipinski definition) is 2. The van der Waals surface area contributed by atoms with Crippen LogP contribution in [0.1, 0.15) is 0 Å². The third-order valence-corrected chi connectivity index (χ3v) is 9.89. The van der Waals surface area contributed by atoms with E-state index in [9.17, 15) is 4.79 Å². The van der Waals surface area contributed by atoms with E-state index in [1.807, 2.05) is 24.3 Å². The van der Waals surface area contributed by atoms with Crippen molar-refractivity contribution in [2.24, 2.45) is 0 Å². The molecule has 0 unspecified atom stereocenters. The standard InChI is InChI=1S/C29H24N2OP2/c32-29-30-27(21-33(23-13-5-1-6-14-23)24-15-7-2-8-16-24)28(31-29)22-34(25-17-9-3-10-18-25)26-19-11-4-12-20-26/h1-22H,(H2,30,31,32). The van der Waals surface area contributed by atoms with E-state index < -0.39 is 15.8 Å². The monoisotopic (exact) mass is 478 g/mol. The van der Waals surface area contributed by atoms with Crippen LogP contribution in [0.5, 0.6) is 0 Å². The quantitative estimate of drug-likeness (QED) is 0.361. The van der Waals surface area contributed by atoms with Crippen molar-refractivity contribution in [3.63, 3.8) is 0 Å². The van der Waals surface area contributed by atoms with Crippen LogP contribution in [0.3, 0.4) is 0 Å². The highest BCUT2D eigenvalue weighted by atomic mass is 31.1. The lowest BCUT2D eigenvalue weighted by Crippen LogP contribution is -2.26. The Morgan fingerprint density at radius 3 is 0.971 bits per heavy atom. The Bertz CT molecular complexity index is 1320. The van der Waals surface area contributed by atoms with Crippen molar-refractivity contribution in [1.29, 1.82) is 0 Å². The van der Waals surface area contributed by atoms with Crippen molar-refractivity contribution in [2.75, 3.05) is 0 Å². The Morgan fingerprint density at radius 1 is 0.441 bits per heavy atom. The average molecular weight is 478 g/mol. The summed E-state index contributed by atoms with van der Waals surface area (Å²) in [5, 5.41) is 6.64. The van der Waals surface area contributed by atoms with E-state index in [2.05, 4.69) is 119 Å². The molecular weight excluding hydrogens is 454 g/mol. The summed E-state index contributed by atoms with van der Waals surface area (Å²) in [4.78, 5) is 18.6. The van der Waals surface area contributed by atoms with Crippen LogP contribution in [0.4, 0.5) is 0 Å². The molecule has 34 heavy (non-hydrogen) atoms. The summed E-state index contributed by atoms with van der Waals surface area (Å²) < 4.78 is 0. The van der Waals surface area contributed by atoms with Gasteiger partial charge in [-0.2, -0.15) is 0 Å². The minimum absolute atomic E-state index is 0.190. The largest absolute Gasteiger partial charge is 0.323 e. The van der Waals surface area contributed by atoms with Gasteiger partial charge in [-0.1, -0.05) is 121 Å². The third kappa shape index (κ3) is 5.18. The first kappa shape index (κ1) is 22.3. The molecule has 5 rings (SSSR count). The van der Waals surface area contributed by atoms with E-state index in [0.29, 0.717) is 0 Å². The molecule has 0 saturated carbocycles. The molecule has 0 aliphatic rings. The molecule has 1 heterocycles. The molecule has 0 atom stereocenters. The first-order valence-corrected chi connectivity index (χ1v) is 13.9. The molecule has 0 saturated heterocycles. The van der Waals surface area contributed by atoms with Gasteiger partial charge in [0.15, 0.2) is 0 Å². The highest BCUT2D eigenvalue weighted by Gasteiger charge is 2.13. The number of rotatable bonds is 6. The smallest absolute Gasteiger partial charge is 0.306 e. The summed E-state index contributed by atoms with van der Waals surface area (Å²) in [6.45, 7) is 0. The first-order valence-electron chi connectivity index (χ1n) is 11.1. The van der Waals surface area contributed by atoms with Crippen molar-refractivity contribution in [3.05, 3.63) is 143 Å². The minimum Gasteiger partial charge on any atom is -0.306 e. The van der Waals surface area contributed by atoms with Gasteiger partial charge in [0, 0.05) is 0 Å². The predicted molar refractivity (Wildman–Crippen MR) is 148 cm³/mol. The number of aromatic nitrogens is 2. The van der Waals surface area contributed by atoms with Crippen LogP contribution in [0.15, 0.2) is 126 Å². The maximum absolute atomic E-state index is 12.5. The highest BCUT2D eigenvalue weighted by molar-refractivity contribution is 7.80. The fourth-order valence-electron chi connectivity index (χ4n) is 3.82. The lowest BCUT2D eigenvalue weighted by molar-refractivity contribution is 1.17. The molecule has 0 radical (unpaired) electrons. The predicted octanol–water partition coefficient (Wildman–Crippen LogP) is 3.44. The van der Waals surface area contributed by atoms with Gasteiger partial charge in [-0.25, -0.2) is 4.79 Å². The van der Waals surface area contributed by atoms with Gasteiger partial charge in [0.25, 0.3) is 0 Å². The SMILES string of the molecule is O=c1[nH]c(=CP(c2ccccc2)c2ccccc2)c(=CP(c2ccccc2)c2ccccc2)[nH]1. The molecule has 2 N–H and O–H groups in total. The summed E-state index contributed by atoms with van der Waals surface area (Å²) in [6, 6.07) is 41.9. The fraction of sp³-hybridized carbons (Fsp3) is 0. The molecule has 0 aliphatic carbocycles. The number of imidazole rings is 1. The number of H-pyrrole nitrogens is 2. The van der Waals surface area contributed by atoms with Gasteiger partial charge < -0.3 is 9.97 Å². The van der Waals surface area contributed by atoms with E-state index in [-0.39, 0.29) is 5.69 Å². The summed E-state index contributed by atoms with van der Waals surface area (Å²) in [5.41, 5.74) is -0.190. The maximum atomic E-state index is 12.5. The molecule has 4 aromatic carbocycles. The molecule has 0 spiro atoms. The lowest BCUT2D eigenvalue weighted by atomic mass is 10.4. The van der Waals surface area contributed by atoms with Gasteiger partial charge in [0.05, 0.1) is 10.7 Å². The van der Waals surface area contributed by atoms with E-state index in [1.165, 1.54) is 21.2 Å². The van der Waals surface area contributed by atoms with Crippen LogP contribution in [-0.4, -0.2) is 9.97 Å². The zero-order valence-electron chi connectivity index (χ0n) is 18.5. The number of nitrogens with one attached hydrogen (secondary N) is 2. The number of benzene rings is 4. The molecule has 0 bridgehead atoms. The Morgan fingerprint density at radius 2 is 0.706 bits per heavy atom. The van der Waals surface area contributed by atoms with E-state index in [0.717, 1.165) is 10.7 Å². The van der Waals surface area contributed by atoms with Crippen molar-refractivity contribution in [3.8, 4) is 0 Å². The summed E-state index contributed by atoms with van der Waals surface area (Å²) in [7, 11) is -1.58. The third-order valence-electron chi connectivity index (χ3n) is 5.44. The van der Waals surface area contributed by atoms with Crippen LogP contribution < -0.4 is 37.6 Å². The van der Waals surface area contributed by atoms with Crippen LogP contribution in [0, 0.1) is 0 Å². The summed E-state index contributed by atoms with van der Waals surface area (Å²) in [5.74, 6) is 4.43. The lowest BCUT2D eigenvalue weighted by Gasteiger charge is -2.15. The topological polar surface area (TPSA) is 48.6 Å². The van der Waals surface area contributed by atoms with Crippen LogP contribution in [0.2, 0.25) is 0 Å². The second-order valence-corrected chi connectivity index (χ2v) is 11.8. The van der Waals surface area contributed by atoms with Crippen LogP contribution in [-0.2, 0) is 0 Å². The van der Waals surface area contributed by atoms with Gasteiger partial charge in [-0.15, -0.1) is 0 Å². The van der Waals surface area contributed by atoms with Gasteiger partial charge in [-0.3, -0.25) is 0 Å².